The second-order valence-electron chi connectivity index (χ2n) is 7.56. The zero-order chi connectivity index (χ0) is 21.6. The maximum atomic E-state index is 12.6. The van der Waals surface area contributed by atoms with E-state index in [1.165, 1.54) is 0 Å². The highest BCUT2D eigenvalue weighted by Gasteiger charge is 2.34. The fourth-order valence-electron chi connectivity index (χ4n) is 3.84. The normalized spacial score (nSPS) is 15.8. The molecule has 7 nitrogen and oxygen atoms in total. The summed E-state index contributed by atoms with van der Waals surface area (Å²) in [4.78, 5) is 31.1. The Kier molecular flexibility index (Phi) is 6.31. The number of anilines is 1. The van der Waals surface area contributed by atoms with Crippen molar-refractivity contribution in [3.63, 3.8) is 0 Å². The summed E-state index contributed by atoms with van der Waals surface area (Å²) in [6.07, 6.45) is 4.76. The van der Waals surface area contributed by atoms with Crippen LogP contribution in [0.2, 0.25) is 0 Å². The minimum atomic E-state index is -0.331. The summed E-state index contributed by atoms with van der Waals surface area (Å²) < 4.78 is 7.25. The van der Waals surface area contributed by atoms with Crippen molar-refractivity contribution in [1.82, 2.24) is 14.9 Å². The van der Waals surface area contributed by atoms with Crippen molar-refractivity contribution in [3.8, 4) is 17.1 Å². The molecular weight excluding hydrogens is 392 g/mol. The van der Waals surface area contributed by atoms with Crippen LogP contribution in [0, 0.1) is 5.92 Å². The predicted octanol–water partition coefficient (Wildman–Crippen LogP) is 3.12. The number of aryl methyl sites for hydroxylation is 1. The zero-order valence-electron chi connectivity index (χ0n) is 17.5. The van der Waals surface area contributed by atoms with E-state index < -0.39 is 0 Å². The number of carbonyl (C=O) groups excluding carboxylic acids is 2. The van der Waals surface area contributed by atoms with Crippen LogP contribution in [0.15, 0.2) is 67.0 Å². The van der Waals surface area contributed by atoms with E-state index in [9.17, 15) is 9.59 Å². The van der Waals surface area contributed by atoms with E-state index in [-0.39, 0.29) is 24.2 Å². The summed E-state index contributed by atoms with van der Waals surface area (Å²) in [7, 11) is 1.60. The molecule has 1 aliphatic heterocycles. The summed E-state index contributed by atoms with van der Waals surface area (Å²) in [5.41, 5.74) is 1.86. The molecule has 1 atom stereocenters. The van der Waals surface area contributed by atoms with Gasteiger partial charge in [-0.25, -0.2) is 4.98 Å². The second kappa shape index (κ2) is 9.47. The van der Waals surface area contributed by atoms with Gasteiger partial charge in [-0.1, -0.05) is 30.3 Å². The van der Waals surface area contributed by atoms with Crippen LogP contribution in [0.4, 0.5) is 5.69 Å². The third-order valence-electron chi connectivity index (χ3n) is 5.50. The van der Waals surface area contributed by atoms with Gasteiger partial charge in [-0.2, -0.15) is 0 Å². The average molecular weight is 418 g/mol. The number of amides is 2. The molecule has 1 fully saturated rings. The SMILES string of the molecule is COc1ccc(N2CC(C(=O)NCCCn3ccnc3-c3ccccc3)CC2=O)cc1. The van der Waals surface area contributed by atoms with Crippen LogP contribution < -0.4 is 15.0 Å². The van der Waals surface area contributed by atoms with Gasteiger partial charge in [0.1, 0.15) is 11.6 Å². The lowest BCUT2D eigenvalue weighted by Crippen LogP contribution is -2.33. The van der Waals surface area contributed by atoms with E-state index in [4.69, 9.17) is 4.74 Å². The first-order valence-electron chi connectivity index (χ1n) is 10.4. The Bertz CT molecular complexity index is 1030. The topological polar surface area (TPSA) is 76.5 Å². The molecule has 3 aromatic rings. The number of methoxy groups -OCH3 is 1. The van der Waals surface area contributed by atoms with E-state index in [0.717, 1.165) is 35.8 Å². The molecular formula is C24H26N4O3. The van der Waals surface area contributed by atoms with Crippen molar-refractivity contribution >= 4 is 17.5 Å². The van der Waals surface area contributed by atoms with Gasteiger partial charge in [0.15, 0.2) is 0 Å². The molecule has 2 heterocycles. The summed E-state index contributed by atoms with van der Waals surface area (Å²) in [5, 5.41) is 2.99. The molecule has 0 bridgehead atoms. The van der Waals surface area contributed by atoms with E-state index in [1.54, 1.807) is 18.2 Å². The Hall–Kier alpha value is -3.61. The van der Waals surface area contributed by atoms with Gasteiger partial charge in [-0.05, 0) is 30.7 Å². The van der Waals surface area contributed by atoms with Crippen molar-refractivity contribution in [2.24, 2.45) is 5.92 Å². The van der Waals surface area contributed by atoms with Gasteiger partial charge in [0.25, 0.3) is 0 Å². The van der Waals surface area contributed by atoms with Gasteiger partial charge >= 0.3 is 0 Å². The van der Waals surface area contributed by atoms with Crippen LogP contribution in [0.5, 0.6) is 5.75 Å². The number of nitrogens with zero attached hydrogens (tertiary/aromatic N) is 3. The quantitative estimate of drug-likeness (QED) is 0.571. The molecule has 0 radical (unpaired) electrons. The molecule has 31 heavy (non-hydrogen) atoms. The zero-order valence-corrected chi connectivity index (χ0v) is 17.5. The number of hydrogen-bond donors (Lipinski definition) is 1. The summed E-state index contributed by atoms with van der Waals surface area (Å²) in [6.45, 7) is 1.71. The molecule has 1 saturated heterocycles. The minimum Gasteiger partial charge on any atom is -0.497 e. The first-order chi connectivity index (χ1) is 15.2. The maximum Gasteiger partial charge on any atom is 0.227 e. The van der Waals surface area contributed by atoms with E-state index in [0.29, 0.717) is 13.1 Å². The van der Waals surface area contributed by atoms with Crippen LogP contribution in [-0.4, -0.2) is 41.6 Å². The van der Waals surface area contributed by atoms with Crippen molar-refractivity contribution in [2.75, 3.05) is 25.1 Å². The van der Waals surface area contributed by atoms with Crippen molar-refractivity contribution < 1.29 is 14.3 Å². The summed E-state index contributed by atoms with van der Waals surface area (Å²) >= 11 is 0. The fraction of sp³-hybridized carbons (Fsp3) is 0.292. The highest BCUT2D eigenvalue weighted by molar-refractivity contribution is 6.00. The largest absolute Gasteiger partial charge is 0.497 e. The number of carbonyl (C=O) groups is 2. The van der Waals surface area contributed by atoms with Gasteiger partial charge in [0.05, 0.1) is 13.0 Å². The van der Waals surface area contributed by atoms with E-state index >= 15 is 0 Å². The standard InChI is InChI=1S/C24H26N4O3/c1-31-21-10-8-20(9-11-21)28-17-19(16-22(28)29)24(30)26-12-5-14-27-15-13-25-23(27)18-6-3-2-4-7-18/h2-4,6-11,13,15,19H,5,12,14,16-17H2,1H3,(H,26,30). The number of nitrogens with one attached hydrogen (secondary N) is 1. The van der Waals surface area contributed by atoms with E-state index in [1.807, 2.05) is 60.8 Å². The number of ether oxygens (including phenoxy) is 1. The third-order valence-corrected chi connectivity index (χ3v) is 5.50. The van der Waals surface area contributed by atoms with Crippen LogP contribution in [0.1, 0.15) is 12.8 Å². The molecule has 7 heteroatoms. The summed E-state index contributed by atoms with van der Waals surface area (Å²) in [6, 6.07) is 17.3. The first kappa shape index (κ1) is 20.7. The lowest BCUT2D eigenvalue weighted by molar-refractivity contribution is -0.126. The molecule has 1 N–H and O–H groups in total. The molecule has 2 aromatic carbocycles. The van der Waals surface area contributed by atoms with Gasteiger partial charge in [0.2, 0.25) is 11.8 Å². The molecule has 2 amide bonds. The molecule has 1 unspecified atom stereocenters. The number of rotatable bonds is 8. The van der Waals surface area contributed by atoms with E-state index in [2.05, 4.69) is 14.9 Å². The highest BCUT2D eigenvalue weighted by Crippen LogP contribution is 2.27. The molecule has 1 aromatic heterocycles. The molecule has 0 aliphatic carbocycles. The summed E-state index contributed by atoms with van der Waals surface area (Å²) in [5.74, 6) is 1.22. The molecule has 0 saturated carbocycles. The van der Waals surface area contributed by atoms with Gasteiger partial charge in [-0.15, -0.1) is 0 Å². The minimum absolute atomic E-state index is 0.0313. The first-order valence-corrected chi connectivity index (χ1v) is 10.4. The number of imidazole rings is 1. The van der Waals surface area contributed by atoms with Crippen LogP contribution in [0.25, 0.3) is 11.4 Å². The Morgan fingerprint density at radius 3 is 2.68 bits per heavy atom. The lowest BCUT2D eigenvalue weighted by Gasteiger charge is -2.17. The average Bonchev–Trinajstić information content (AvgIpc) is 3.44. The molecule has 4 rings (SSSR count). The van der Waals surface area contributed by atoms with Crippen molar-refractivity contribution in [2.45, 2.75) is 19.4 Å². The Morgan fingerprint density at radius 1 is 1.16 bits per heavy atom. The molecule has 160 valence electrons. The second-order valence-corrected chi connectivity index (χ2v) is 7.56. The fourth-order valence-corrected chi connectivity index (χ4v) is 3.84. The Labute approximate surface area is 181 Å². The van der Waals surface area contributed by atoms with Gasteiger partial charge in [0, 0.05) is 49.7 Å². The maximum absolute atomic E-state index is 12.6. The van der Waals surface area contributed by atoms with Crippen LogP contribution in [-0.2, 0) is 16.1 Å². The van der Waals surface area contributed by atoms with Crippen molar-refractivity contribution in [1.29, 1.82) is 0 Å². The molecule has 1 aliphatic rings. The Morgan fingerprint density at radius 2 is 1.94 bits per heavy atom. The number of hydrogen-bond acceptors (Lipinski definition) is 4. The lowest BCUT2D eigenvalue weighted by atomic mass is 10.1. The number of benzene rings is 2. The predicted molar refractivity (Wildman–Crippen MR) is 119 cm³/mol. The van der Waals surface area contributed by atoms with Crippen molar-refractivity contribution in [3.05, 3.63) is 67.0 Å². The number of aromatic nitrogens is 2. The van der Waals surface area contributed by atoms with Crippen LogP contribution >= 0.6 is 0 Å². The smallest absolute Gasteiger partial charge is 0.227 e. The van der Waals surface area contributed by atoms with Gasteiger partial charge < -0.3 is 19.5 Å². The van der Waals surface area contributed by atoms with Crippen LogP contribution in [0.3, 0.4) is 0 Å². The van der Waals surface area contributed by atoms with Gasteiger partial charge in [-0.3, -0.25) is 9.59 Å². The highest BCUT2D eigenvalue weighted by atomic mass is 16.5. The molecule has 0 spiro atoms. The third kappa shape index (κ3) is 4.77. The Balaban J connectivity index is 1.26. The monoisotopic (exact) mass is 418 g/mol.